The first kappa shape index (κ1) is 15.9. The number of hydrogen-bond donors (Lipinski definition) is 0. The van der Waals surface area contributed by atoms with Crippen LogP contribution in [0, 0.1) is 0 Å². The third-order valence-electron chi connectivity index (χ3n) is 0.823. The first-order valence-electron chi connectivity index (χ1n) is 4.36. The molecule has 0 aromatic heterocycles. The lowest BCUT2D eigenvalue weighted by molar-refractivity contribution is -0.148. The molecule has 0 rings (SSSR count). The van der Waals surface area contributed by atoms with E-state index in [1.54, 1.807) is 0 Å². The van der Waals surface area contributed by atoms with Crippen molar-refractivity contribution < 1.29 is 19.1 Å². The van der Waals surface area contributed by atoms with Crippen LogP contribution in [0.2, 0.25) is 0 Å². The molecule has 0 aromatic carbocycles. The highest BCUT2D eigenvalue weighted by molar-refractivity contribution is 5.81. The monoisotopic (exact) mass is 214 g/mol. The molecule has 0 bridgehead atoms. The van der Waals surface area contributed by atoms with Gasteiger partial charge in [-0.15, -0.1) is 0 Å². The molecule has 0 aliphatic rings. The summed E-state index contributed by atoms with van der Waals surface area (Å²) in [6.07, 6.45) is 2.26. The van der Waals surface area contributed by atoms with Gasteiger partial charge in [0.25, 0.3) is 0 Å². The summed E-state index contributed by atoms with van der Waals surface area (Å²) in [5.74, 6) is -0.701. The van der Waals surface area contributed by atoms with Crippen molar-refractivity contribution in [3.05, 3.63) is 25.5 Å². The second-order valence-electron chi connectivity index (χ2n) is 3.51. The van der Waals surface area contributed by atoms with E-state index in [2.05, 4.69) is 17.9 Å². The van der Waals surface area contributed by atoms with Crippen LogP contribution in [-0.2, 0) is 19.1 Å². The van der Waals surface area contributed by atoms with Crippen molar-refractivity contribution in [2.45, 2.75) is 33.3 Å². The Morgan fingerprint density at radius 1 is 1.20 bits per heavy atom. The van der Waals surface area contributed by atoms with Gasteiger partial charge in [-0.3, -0.25) is 4.79 Å². The van der Waals surface area contributed by atoms with Crippen LogP contribution < -0.4 is 0 Å². The molecule has 0 spiro atoms. The molecule has 15 heavy (non-hydrogen) atoms. The Hall–Kier alpha value is -1.58. The van der Waals surface area contributed by atoms with Crippen molar-refractivity contribution in [1.29, 1.82) is 0 Å². The lowest BCUT2D eigenvalue weighted by Crippen LogP contribution is -2.22. The molecule has 0 saturated carbocycles. The van der Waals surface area contributed by atoms with Gasteiger partial charge in [0.2, 0.25) is 0 Å². The van der Waals surface area contributed by atoms with Crippen LogP contribution in [0.3, 0.4) is 0 Å². The van der Waals surface area contributed by atoms with Crippen molar-refractivity contribution in [2.75, 3.05) is 0 Å². The molecule has 0 radical (unpaired) electrons. The van der Waals surface area contributed by atoms with Crippen LogP contribution >= 0.6 is 0 Å². The minimum Gasteiger partial charge on any atom is -0.457 e. The molecule has 0 aliphatic heterocycles. The topological polar surface area (TPSA) is 52.6 Å². The number of hydrogen-bond acceptors (Lipinski definition) is 4. The maximum absolute atomic E-state index is 10.5. The first-order valence-corrected chi connectivity index (χ1v) is 4.36. The minimum absolute atomic E-state index is 0.329. The molecule has 0 saturated heterocycles. The van der Waals surface area contributed by atoms with E-state index in [0.717, 1.165) is 12.3 Å². The van der Waals surface area contributed by atoms with Crippen molar-refractivity contribution in [3.63, 3.8) is 0 Å². The average Bonchev–Trinajstić information content (AvgIpc) is 2.01. The molecule has 86 valence electrons. The maximum atomic E-state index is 10.5. The van der Waals surface area contributed by atoms with Crippen molar-refractivity contribution in [1.82, 2.24) is 0 Å². The fourth-order valence-corrected chi connectivity index (χ4v) is 0.461. The SMILES string of the molecule is C=CC(=O)OC(C)(C)C.C=COC(C)=O. The molecule has 0 heterocycles. The minimum atomic E-state index is -0.398. The van der Waals surface area contributed by atoms with Gasteiger partial charge in [-0.1, -0.05) is 13.2 Å². The Labute approximate surface area is 90.6 Å². The van der Waals surface area contributed by atoms with Gasteiger partial charge in [0.15, 0.2) is 0 Å². The Morgan fingerprint density at radius 3 is 1.73 bits per heavy atom. The molecule has 0 atom stereocenters. The van der Waals surface area contributed by atoms with Gasteiger partial charge in [-0.2, -0.15) is 0 Å². The van der Waals surface area contributed by atoms with Crippen molar-refractivity contribution in [3.8, 4) is 0 Å². The fourth-order valence-electron chi connectivity index (χ4n) is 0.461. The smallest absolute Gasteiger partial charge is 0.330 e. The summed E-state index contributed by atoms with van der Waals surface area (Å²) < 4.78 is 9.00. The van der Waals surface area contributed by atoms with Crippen LogP contribution in [0.1, 0.15) is 27.7 Å². The maximum Gasteiger partial charge on any atom is 0.330 e. The summed E-state index contributed by atoms with van der Waals surface area (Å²) in [5, 5.41) is 0. The van der Waals surface area contributed by atoms with E-state index < -0.39 is 5.60 Å². The second-order valence-corrected chi connectivity index (χ2v) is 3.51. The zero-order valence-corrected chi connectivity index (χ0v) is 9.70. The van der Waals surface area contributed by atoms with E-state index in [9.17, 15) is 9.59 Å². The van der Waals surface area contributed by atoms with Crippen LogP contribution in [0.15, 0.2) is 25.5 Å². The number of carbonyl (C=O) groups excluding carboxylic acids is 2. The summed E-state index contributed by atoms with van der Waals surface area (Å²) in [6.45, 7) is 13.2. The average molecular weight is 214 g/mol. The Morgan fingerprint density at radius 2 is 1.67 bits per heavy atom. The second kappa shape index (κ2) is 7.79. The number of rotatable bonds is 2. The van der Waals surface area contributed by atoms with Gasteiger partial charge in [0.1, 0.15) is 5.60 Å². The van der Waals surface area contributed by atoms with Gasteiger partial charge >= 0.3 is 11.9 Å². The van der Waals surface area contributed by atoms with E-state index in [1.807, 2.05) is 20.8 Å². The number of carbonyl (C=O) groups is 2. The molecule has 0 amide bonds. The molecular formula is C11H18O4. The zero-order chi connectivity index (χ0) is 12.5. The number of esters is 2. The molecule has 0 aromatic rings. The number of ether oxygens (including phenoxy) is 2. The third kappa shape index (κ3) is 19.0. The fraction of sp³-hybridized carbons (Fsp3) is 0.455. The van der Waals surface area contributed by atoms with Crippen molar-refractivity contribution >= 4 is 11.9 Å². The molecule has 4 nitrogen and oxygen atoms in total. The first-order chi connectivity index (χ1) is 6.72. The highest BCUT2D eigenvalue weighted by atomic mass is 16.6. The van der Waals surface area contributed by atoms with Gasteiger partial charge < -0.3 is 9.47 Å². The lowest BCUT2D eigenvalue weighted by Gasteiger charge is -2.17. The van der Waals surface area contributed by atoms with Gasteiger partial charge in [0.05, 0.1) is 6.26 Å². The third-order valence-corrected chi connectivity index (χ3v) is 0.823. The van der Waals surface area contributed by atoms with E-state index in [0.29, 0.717) is 0 Å². The predicted molar refractivity (Wildman–Crippen MR) is 58.0 cm³/mol. The molecule has 0 aliphatic carbocycles. The zero-order valence-electron chi connectivity index (χ0n) is 9.70. The lowest BCUT2D eigenvalue weighted by atomic mass is 10.2. The molecular weight excluding hydrogens is 196 g/mol. The quantitative estimate of drug-likeness (QED) is 0.402. The Bertz CT molecular complexity index is 235. The van der Waals surface area contributed by atoms with E-state index >= 15 is 0 Å². The summed E-state index contributed by atoms with van der Waals surface area (Å²) in [7, 11) is 0. The highest BCUT2D eigenvalue weighted by Crippen LogP contribution is 2.06. The highest BCUT2D eigenvalue weighted by Gasteiger charge is 2.12. The molecule has 0 fully saturated rings. The molecule has 0 N–H and O–H groups in total. The van der Waals surface area contributed by atoms with E-state index in [1.165, 1.54) is 6.92 Å². The predicted octanol–water partition coefficient (Wildman–Crippen LogP) is 2.21. The summed E-state index contributed by atoms with van der Waals surface area (Å²) in [4.78, 5) is 20.2. The van der Waals surface area contributed by atoms with Gasteiger partial charge in [0, 0.05) is 13.0 Å². The van der Waals surface area contributed by atoms with E-state index in [4.69, 9.17) is 4.74 Å². The normalized spacial score (nSPS) is 9.07. The molecule has 0 unspecified atom stereocenters. The van der Waals surface area contributed by atoms with Crippen LogP contribution in [0.4, 0.5) is 0 Å². The summed E-state index contributed by atoms with van der Waals surface area (Å²) >= 11 is 0. The van der Waals surface area contributed by atoms with Crippen molar-refractivity contribution in [2.24, 2.45) is 0 Å². The van der Waals surface area contributed by atoms with Crippen LogP contribution in [0.25, 0.3) is 0 Å². The summed E-state index contributed by atoms with van der Waals surface area (Å²) in [6, 6.07) is 0. The Kier molecular flexibility index (Phi) is 8.24. The van der Waals surface area contributed by atoms with Crippen LogP contribution in [0.5, 0.6) is 0 Å². The van der Waals surface area contributed by atoms with E-state index in [-0.39, 0.29) is 11.9 Å². The molecule has 4 heteroatoms. The standard InChI is InChI=1S/C7H12O2.C4H6O2/c1-5-6(8)9-7(2,3)4;1-3-6-4(2)5/h5H,1H2,2-4H3;3H,1H2,2H3. The van der Waals surface area contributed by atoms with Gasteiger partial charge in [-0.05, 0) is 20.8 Å². The van der Waals surface area contributed by atoms with Gasteiger partial charge in [-0.25, -0.2) is 4.79 Å². The van der Waals surface area contributed by atoms with Crippen LogP contribution in [-0.4, -0.2) is 17.5 Å². The largest absolute Gasteiger partial charge is 0.457 e. The Balaban J connectivity index is 0. The summed E-state index contributed by atoms with van der Waals surface area (Å²) in [5.41, 5.74) is -0.398.